The first-order chi connectivity index (χ1) is 13.8. The molecule has 1 saturated heterocycles. The normalized spacial score (nSPS) is 20.4. The highest BCUT2D eigenvalue weighted by molar-refractivity contribution is 6.33. The maximum atomic E-state index is 15.0. The van der Waals surface area contributed by atoms with Crippen molar-refractivity contribution in [3.05, 3.63) is 38.9 Å². The average Bonchev–Trinajstić information content (AvgIpc) is 3.37. The fourth-order valence-corrected chi connectivity index (χ4v) is 4.80. The second kappa shape index (κ2) is 7.61. The number of hydrogen-bond donors (Lipinski definition) is 2. The number of aromatic carboxylic acids is 1. The van der Waals surface area contributed by atoms with Crippen molar-refractivity contribution < 1.29 is 14.3 Å². The molecule has 0 bridgehead atoms. The van der Waals surface area contributed by atoms with Gasteiger partial charge in [0.25, 0.3) is 0 Å². The Balaban J connectivity index is 1.81. The van der Waals surface area contributed by atoms with E-state index in [2.05, 4.69) is 19.2 Å². The number of hydrogen-bond acceptors (Lipinski definition) is 4. The summed E-state index contributed by atoms with van der Waals surface area (Å²) in [5.74, 6) is -1.48. The number of anilines is 1. The molecule has 2 aliphatic rings. The number of benzene rings is 1. The average molecular weight is 422 g/mol. The van der Waals surface area contributed by atoms with E-state index in [4.69, 9.17) is 11.6 Å². The van der Waals surface area contributed by atoms with E-state index in [1.54, 1.807) is 10.6 Å². The number of rotatable bonds is 6. The zero-order valence-electron chi connectivity index (χ0n) is 16.5. The van der Waals surface area contributed by atoms with Gasteiger partial charge < -0.3 is 19.9 Å². The van der Waals surface area contributed by atoms with Crippen LogP contribution in [0.25, 0.3) is 10.9 Å². The Kier molecular flexibility index (Phi) is 5.29. The Morgan fingerprint density at radius 1 is 1.38 bits per heavy atom. The molecule has 1 saturated carbocycles. The second-order valence-electron chi connectivity index (χ2n) is 8.06. The summed E-state index contributed by atoms with van der Waals surface area (Å²) in [6.07, 6.45) is 2.67. The van der Waals surface area contributed by atoms with Crippen molar-refractivity contribution in [1.82, 2.24) is 9.88 Å². The largest absolute Gasteiger partial charge is 0.477 e. The second-order valence-corrected chi connectivity index (χ2v) is 8.42. The Bertz CT molecular complexity index is 1030. The van der Waals surface area contributed by atoms with E-state index in [1.807, 2.05) is 4.90 Å². The van der Waals surface area contributed by atoms with Crippen LogP contribution in [0.2, 0.25) is 5.15 Å². The molecule has 0 radical (unpaired) electrons. The van der Waals surface area contributed by atoms with E-state index in [-0.39, 0.29) is 16.6 Å². The van der Waals surface area contributed by atoms with Gasteiger partial charge in [0.05, 0.1) is 11.2 Å². The summed E-state index contributed by atoms with van der Waals surface area (Å²) in [6, 6.07) is 3.23. The first-order valence-corrected chi connectivity index (χ1v) is 10.5. The van der Waals surface area contributed by atoms with Gasteiger partial charge in [0, 0.05) is 30.6 Å². The molecule has 1 aromatic heterocycles. The molecule has 6 nitrogen and oxygen atoms in total. The number of carbonyl (C=O) groups is 1. The quantitative estimate of drug-likeness (QED) is 0.696. The number of carboxylic acid groups (broad SMARTS) is 1. The molecule has 1 aromatic carbocycles. The van der Waals surface area contributed by atoms with Gasteiger partial charge in [0.15, 0.2) is 0 Å². The summed E-state index contributed by atoms with van der Waals surface area (Å²) in [5, 5.41) is 12.9. The summed E-state index contributed by atoms with van der Waals surface area (Å²) in [7, 11) is 0. The highest BCUT2D eigenvalue weighted by atomic mass is 35.5. The van der Waals surface area contributed by atoms with E-state index in [0.717, 1.165) is 38.9 Å². The Morgan fingerprint density at radius 3 is 2.72 bits per heavy atom. The molecule has 0 spiro atoms. The summed E-state index contributed by atoms with van der Waals surface area (Å²) in [6.45, 7) is 6.56. The van der Waals surface area contributed by atoms with Crippen LogP contribution in [0.5, 0.6) is 0 Å². The first-order valence-electron chi connectivity index (χ1n) is 10.1. The van der Waals surface area contributed by atoms with Crippen LogP contribution in [0.15, 0.2) is 16.9 Å². The highest BCUT2D eigenvalue weighted by Crippen LogP contribution is 2.41. The van der Waals surface area contributed by atoms with Crippen LogP contribution in [-0.4, -0.2) is 41.3 Å². The third-order valence-electron chi connectivity index (χ3n) is 6.14. The van der Waals surface area contributed by atoms with Crippen molar-refractivity contribution in [1.29, 1.82) is 0 Å². The monoisotopic (exact) mass is 421 g/mol. The van der Waals surface area contributed by atoms with E-state index < -0.39 is 22.8 Å². The molecule has 8 heteroatoms. The van der Waals surface area contributed by atoms with Gasteiger partial charge in [0.2, 0.25) is 5.43 Å². The van der Waals surface area contributed by atoms with Crippen LogP contribution >= 0.6 is 11.6 Å². The maximum absolute atomic E-state index is 15.0. The Labute approximate surface area is 173 Å². The molecule has 29 heavy (non-hydrogen) atoms. The summed E-state index contributed by atoms with van der Waals surface area (Å²) < 4.78 is 16.7. The van der Waals surface area contributed by atoms with Gasteiger partial charge in [-0.05, 0) is 50.8 Å². The fourth-order valence-electron chi connectivity index (χ4n) is 4.41. The molecule has 1 aliphatic heterocycles. The van der Waals surface area contributed by atoms with Crippen molar-refractivity contribution in [2.24, 2.45) is 5.92 Å². The number of halogens is 2. The molecule has 4 rings (SSSR count). The van der Waals surface area contributed by atoms with Crippen molar-refractivity contribution in [2.45, 2.75) is 45.2 Å². The lowest BCUT2D eigenvalue weighted by atomic mass is 10.0. The number of carboxylic acids is 1. The predicted octanol–water partition coefficient (Wildman–Crippen LogP) is 3.65. The first kappa shape index (κ1) is 20.2. The van der Waals surface area contributed by atoms with Crippen molar-refractivity contribution in [3.8, 4) is 0 Å². The zero-order chi connectivity index (χ0) is 20.9. The summed E-state index contributed by atoms with van der Waals surface area (Å²) >= 11 is 6.34. The molecular formula is C21H25ClFN3O3. The minimum absolute atomic E-state index is 0.0436. The SMILES string of the molecule is CCNC(C)C1CCN(c2cc3c(cc2F)c(=O)c(C(=O)O)c(Cl)n3C2CC2)C1. The Hall–Kier alpha value is -2.12. The van der Waals surface area contributed by atoms with Gasteiger partial charge in [-0.15, -0.1) is 0 Å². The lowest BCUT2D eigenvalue weighted by molar-refractivity contribution is 0.0695. The molecule has 156 valence electrons. The van der Waals surface area contributed by atoms with Crippen molar-refractivity contribution in [3.63, 3.8) is 0 Å². The van der Waals surface area contributed by atoms with Crippen LogP contribution < -0.4 is 15.6 Å². The highest BCUT2D eigenvalue weighted by Gasteiger charge is 2.33. The zero-order valence-corrected chi connectivity index (χ0v) is 17.3. The minimum Gasteiger partial charge on any atom is -0.477 e. The third-order valence-corrected chi connectivity index (χ3v) is 6.51. The lowest BCUT2D eigenvalue weighted by Crippen LogP contribution is -2.35. The number of fused-ring (bicyclic) bond motifs is 1. The van der Waals surface area contributed by atoms with Crippen LogP contribution in [0.3, 0.4) is 0 Å². The number of pyridine rings is 1. The van der Waals surface area contributed by atoms with Gasteiger partial charge in [0.1, 0.15) is 16.5 Å². The summed E-state index contributed by atoms with van der Waals surface area (Å²) in [4.78, 5) is 26.3. The fraction of sp³-hybridized carbons (Fsp3) is 0.524. The smallest absolute Gasteiger partial charge is 0.342 e. The van der Waals surface area contributed by atoms with E-state index in [9.17, 15) is 14.7 Å². The van der Waals surface area contributed by atoms with Crippen LogP contribution in [0.4, 0.5) is 10.1 Å². The van der Waals surface area contributed by atoms with E-state index in [0.29, 0.717) is 23.2 Å². The number of nitrogens with one attached hydrogen (secondary N) is 1. The van der Waals surface area contributed by atoms with Gasteiger partial charge >= 0.3 is 5.97 Å². The van der Waals surface area contributed by atoms with Crippen molar-refractivity contribution >= 4 is 34.2 Å². The van der Waals surface area contributed by atoms with Gasteiger partial charge in [-0.25, -0.2) is 9.18 Å². The number of nitrogens with zero attached hydrogens (tertiary/aromatic N) is 2. The molecule has 0 amide bonds. The summed E-state index contributed by atoms with van der Waals surface area (Å²) in [5.41, 5.74) is -0.275. The molecule has 2 aromatic rings. The molecule has 2 unspecified atom stereocenters. The molecule has 1 aliphatic carbocycles. The van der Waals surface area contributed by atoms with Crippen LogP contribution in [-0.2, 0) is 0 Å². The topological polar surface area (TPSA) is 74.6 Å². The van der Waals surface area contributed by atoms with Gasteiger partial charge in [-0.3, -0.25) is 4.79 Å². The third kappa shape index (κ3) is 3.51. The lowest BCUT2D eigenvalue weighted by Gasteiger charge is -2.24. The molecular weight excluding hydrogens is 397 g/mol. The minimum atomic E-state index is -1.39. The van der Waals surface area contributed by atoms with E-state index >= 15 is 4.39 Å². The van der Waals surface area contributed by atoms with Crippen molar-refractivity contribution in [2.75, 3.05) is 24.5 Å². The molecule has 2 heterocycles. The molecule has 2 N–H and O–H groups in total. The number of aromatic nitrogens is 1. The molecule has 2 fully saturated rings. The maximum Gasteiger partial charge on any atom is 0.342 e. The van der Waals surface area contributed by atoms with Gasteiger partial charge in [-0.2, -0.15) is 0 Å². The van der Waals surface area contributed by atoms with Crippen LogP contribution in [0, 0.1) is 11.7 Å². The van der Waals surface area contributed by atoms with E-state index in [1.165, 1.54) is 6.07 Å². The van der Waals surface area contributed by atoms with Gasteiger partial charge in [-0.1, -0.05) is 18.5 Å². The predicted molar refractivity (Wildman–Crippen MR) is 112 cm³/mol. The molecule has 2 atom stereocenters. The standard InChI is InChI=1S/C21H25ClFN3O3/c1-3-24-11(2)12-6-7-25(10-12)17-9-16-14(8-15(17)23)19(27)18(21(28)29)20(22)26(16)13-4-5-13/h8-9,11-13,24H,3-7,10H2,1-2H3,(H,28,29). The Morgan fingerprint density at radius 2 is 2.10 bits per heavy atom. The van der Waals surface area contributed by atoms with Crippen LogP contribution in [0.1, 0.15) is 49.5 Å².